The fourth-order valence-corrected chi connectivity index (χ4v) is 5.61. The Morgan fingerprint density at radius 2 is 1.77 bits per heavy atom. The van der Waals surface area contributed by atoms with Crippen molar-refractivity contribution in [3.63, 3.8) is 0 Å². The number of sulfonamides is 1. The van der Waals surface area contributed by atoms with Gasteiger partial charge in [-0.1, -0.05) is 11.6 Å². The predicted molar refractivity (Wildman–Crippen MR) is 104 cm³/mol. The largest absolute Gasteiger partial charge is 0.465 e. The lowest BCUT2D eigenvalue weighted by Gasteiger charge is -2.35. The summed E-state index contributed by atoms with van der Waals surface area (Å²) < 4.78 is 67.3. The summed E-state index contributed by atoms with van der Waals surface area (Å²) in [4.78, 5) is 25.6. The number of carbonyl (C=O) groups is 2. The Labute approximate surface area is 182 Å². The van der Waals surface area contributed by atoms with Crippen LogP contribution in [0.3, 0.4) is 0 Å². The number of carbonyl (C=O) groups excluding carboxylic acids is 1. The molecular weight excluding hydrogens is 463 g/mol. The molecule has 0 radical (unpaired) electrons. The molecule has 0 saturated carbocycles. The van der Waals surface area contributed by atoms with Gasteiger partial charge in [0.2, 0.25) is 15.9 Å². The summed E-state index contributed by atoms with van der Waals surface area (Å²) in [6.07, 6.45) is -4.67. The van der Waals surface area contributed by atoms with E-state index in [0.717, 1.165) is 17.0 Å². The summed E-state index contributed by atoms with van der Waals surface area (Å²) in [6, 6.07) is 1.03. The van der Waals surface area contributed by atoms with E-state index >= 15 is 0 Å². The van der Waals surface area contributed by atoms with Crippen molar-refractivity contribution in [2.75, 3.05) is 19.6 Å². The van der Waals surface area contributed by atoms with Gasteiger partial charge in [-0.05, 0) is 43.9 Å². The van der Waals surface area contributed by atoms with E-state index in [4.69, 9.17) is 11.6 Å². The molecule has 1 aromatic rings. The van der Waals surface area contributed by atoms with Gasteiger partial charge >= 0.3 is 12.3 Å². The first-order chi connectivity index (χ1) is 14.4. The Hall–Kier alpha value is -2.05. The summed E-state index contributed by atoms with van der Waals surface area (Å²) in [5.41, 5.74) is -1.35. The van der Waals surface area contributed by atoms with Crippen LogP contribution in [0.5, 0.6) is 0 Å². The fourth-order valence-electron chi connectivity index (χ4n) is 3.92. The Bertz CT molecular complexity index is 965. The third-order valence-corrected chi connectivity index (χ3v) is 7.26. The topological polar surface area (TPSA) is 107 Å². The van der Waals surface area contributed by atoms with Gasteiger partial charge in [0, 0.05) is 30.7 Å². The first kappa shape index (κ1) is 23.6. The molecule has 2 aliphatic heterocycles. The molecule has 0 aliphatic carbocycles. The molecule has 2 N–H and O–H groups in total. The van der Waals surface area contributed by atoms with Gasteiger partial charge in [0.1, 0.15) is 6.04 Å². The molecule has 2 aliphatic rings. The summed E-state index contributed by atoms with van der Waals surface area (Å²) in [5.74, 6) is -0.335. The maximum Gasteiger partial charge on any atom is 0.417 e. The predicted octanol–water partition coefficient (Wildman–Crippen LogP) is 2.77. The minimum Gasteiger partial charge on any atom is -0.465 e. The second-order valence-electron chi connectivity index (χ2n) is 7.49. The number of rotatable bonds is 4. The summed E-state index contributed by atoms with van der Waals surface area (Å²) in [6.45, 7) is 0.621. The minimum atomic E-state index is -4.90. The lowest BCUT2D eigenvalue weighted by atomic mass is 10.0. The van der Waals surface area contributed by atoms with E-state index in [0.29, 0.717) is 18.9 Å². The van der Waals surface area contributed by atoms with Crippen LogP contribution < -0.4 is 4.72 Å². The third kappa shape index (κ3) is 5.24. The van der Waals surface area contributed by atoms with Crippen molar-refractivity contribution < 1.29 is 36.3 Å². The van der Waals surface area contributed by atoms with Crippen LogP contribution in [0.15, 0.2) is 23.1 Å². The molecule has 0 unspecified atom stereocenters. The van der Waals surface area contributed by atoms with E-state index in [2.05, 4.69) is 4.72 Å². The van der Waals surface area contributed by atoms with E-state index in [1.807, 2.05) is 0 Å². The maximum absolute atomic E-state index is 13.3. The number of hydrogen-bond donors (Lipinski definition) is 2. The van der Waals surface area contributed by atoms with E-state index in [9.17, 15) is 36.3 Å². The maximum atomic E-state index is 13.3. The molecule has 3 rings (SSSR count). The van der Waals surface area contributed by atoms with Gasteiger partial charge in [0.05, 0.1) is 10.5 Å². The number of nitrogens with one attached hydrogen (secondary N) is 1. The zero-order chi connectivity index (χ0) is 23.0. The van der Waals surface area contributed by atoms with Crippen LogP contribution in [-0.2, 0) is 21.0 Å². The molecule has 2 amide bonds. The molecule has 0 bridgehead atoms. The normalized spacial score (nSPS) is 20.8. The van der Waals surface area contributed by atoms with E-state index in [-0.39, 0.29) is 43.4 Å². The minimum absolute atomic E-state index is 0.169. The summed E-state index contributed by atoms with van der Waals surface area (Å²) in [7, 11) is -4.48. The van der Waals surface area contributed by atoms with Crippen molar-refractivity contribution in [1.82, 2.24) is 14.5 Å². The fraction of sp³-hybridized carbons (Fsp3) is 0.556. The zero-order valence-corrected chi connectivity index (χ0v) is 17.8. The lowest BCUT2D eigenvalue weighted by Crippen LogP contribution is -2.52. The second kappa shape index (κ2) is 8.83. The highest BCUT2D eigenvalue weighted by atomic mass is 35.5. The zero-order valence-electron chi connectivity index (χ0n) is 16.2. The van der Waals surface area contributed by atoms with E-state index in [1.165, 1.54) is 4.90 Å². The number of piperidine rings is 1. The van der Waals surface area contributed by atoms with Gasteiger partial charge in [-0.15, -0.1) is 0 Å². The Morgan fingerprint density at radius 3 is 2.35 bits per heavy atom. The highest BCUT2D eigenvalue weighted by molar-refractivity contribution is 7.89. The number of benzene rings is 1. The number of hydrogen-bond acceptors (Lipinski definition) is 4. The number of alkyl halides is 3. The highest BCUT2D eigenvalue weighted by Crippen LogP contribution is 2.36. The van der Waals surface area contributed by atoms with Crippen molar-refractivity contribution in [3.05, 3.63) is 28.8 Å². The van der Waals surface area contributed by atoms with Crippen molar-refractivity contribution in [2.45, 2.75) is 48.8 Å². The molecule has 0 aromatic heterocycles. The second-order valence-corrected chi connectivity index (χ2v) is 9.61. The number of carboxylic acid groups (broad SMARTS) is 1. The van der Waals surface area contributed by atoms with Gasteiger partial charge in [-0.3, -0.25) is 9.69 Å². The summed E-state index contributed by atoms with van der Waals surface area (Å²) >= 11 is 5.60. The van der Waals surface area contributed by atoms with Gasteiger partial charge in [-0.2, -0.15) is 13.2 Å². The smallest absolute Gasteiger partial charge is 0.417 e. The first-order valence-corrected chi connectivity index (χ1v) is 11.4. The van der Waals surface area contributed by atoms with Crippen molar-refractivity contribution in [2.24, 2.45) is 0 Å². The van der Waals surface area contributed by atoms with Gasteiger partial charge in [-0.25, -0.2) is 17.9 Å². The molecule has 2 heterocycles. The van der Waals surface area contributed by atoms with Gasteiger partial charge in [0.15, 0.2) is 0 Å². The van der Waals surface area contributed by atoms with Crippen LogP contribution in [-0.4, -0.2) is 67.0 Å². The quantitative estimate of drug-likeness (QED) is 0.685. The van der Waals surface area contributed by atoms with Crippen molar-refractivity contribution in [3.8, 4) is 0 Å². The molecule has 0 spiro atoms. The van der Waals surface area contributed by atoms with E-state index < -0.39 is 44.8 Å². The van der Waals surface area contributed by atoms with Crippen LogP contribution in [0.2, 0.25) is 5.02 Å². The van der Waals surface area contributed by atoms with E-state index in [1.54, 1.807) is 0 Å². The standard InChI is InChI=1S/C18H21ClF3N3O5S/c19-11-3-4-15(13(10-11)18(20,21)22)31(29,30)23-12-5-8-24(9-6-12)16(26)14-2-1-7-25(14)17(27)28/h3-4,10,12,14,23H,1-2,5-9H2,(H,27,28)/t14-/m0/s1. The third-order valence-electron chi connectivity index (χ3n) is 5.45. The molecule has 13 heteroatoms. The average molecular weight is 484 g/mol. The monoisotopic (exact) mass is 483 g/mol. The van der Waals surface area contributed by atoms with Crippen LogP contribution in [0.25, 0.3) is 0 Å². The number of amides is 2. The lowest BCUT2D eigenvalue weighted by molar-refractivity contribution is -0.140. The average Bonchev–Trinajstić information content (AvgIpc) is 3.17. The number of likely N-dealkylation sites (tertiary alicyclic amines) is 2. The molecular formula is C18H21ClF3N3O5S. The Balaban J connectivity index is 1.66. The number of nitrogens with zero attached hydrogens (tertiary/aromatic N) is 2. The Kier molecular flexibility index (Phi) is 6.72. The van der Waals surface area contributed by atoms with Crippen LogP contribution in [0, 0.1) is 0 Å². The van der Waals surface area contributed by atoms with Crippen LogP contribution >= 0.6 is 11.6 Å². The van der Waals surface area contributed by atoms with Gasteiger partial charge in [0.25, 0.3) is 0 Å². The number of halogens is 4. The molecule has 31 heavy (non-hydrogen) atoms. The van der Waals surface area contributed by atoms with Crippen molar-refractivity contribution >= 4 is 33.6 Å². The highest BCUT2D eigenvalue weighted by Gasteiger charge is 2.40. The molecule has 1 aromatic carbocycles. The van der Waals surface area contributed by atoms with Crippen LogP contribution in [0.1, 0.15) is 31.2 Å². The molecule has 2 fully saturated rings. The molecule has 1 atom stereocenters. The Morgan fingerprint density at radius 1 is 1.13 bits per heavy atom. The molecule has 172 valence electrons. The summed E-state index contributed by atoms with van der Waals surface area (Å²) in [5, 5.41) is 8.96. The van der Waals surface area contributed by atoms with Gasteiger partial charge < -0.3 is 10.0 Å². The van der Waals surface area contributed by atoms with Crippen molar-refractivity contribution in [1.29, 1.82) is 0 Å². The SMILES string of the molecule is O=C([C@@H]1CCCN1C(=O)O)N1CCC(NS(=O)(=O)c2ccc(Cl)cc2C(F)(F)F)CC1. The van der Waals surface area contributed by atoms with Crippen LogP contribution in [0.4, 0.5) is 18.0 Å². The molecule has 2 saturated heterocycles. The first-order valence-electron chi connectivity index (χ1n) is 9.57. The molecule has 8 nitrogen and oxygen atoms in total.